The van der Waals surface area contributed by atoms with E-state index >= 15 is 0 Å². The minimum absolute atomic E-state index is 0.150. The molecule has 1 aliphatic carbocycles. The van der Waals surface area contributed by atoms with Crippen LogP contribution in [-0.4, -0.2) is 38.9 Å². The van der Waals surface area contributed by atoms with Crippen LogP contribution in [0.2, 0.25) is 0 Å². The van der Waals surface area contributed by atoms with Crippen LogP contribution < -0.4 is 4.72 Å². The van der Waals surface area contributed by atoms with Crippen LogP contribution in [0.4, 0.5) is 0 Å². The maximum Gasteiger partial charge on any atom is 0.233 e. The van der Waals surface area contributed by atoms with Crippen molar-refractivity contribution in [3.63, 3.8) is 0 Å². The minimum atomic E-state index is -3.42. The molecule has 0 bridgehead atoms. The van der Waals surface area contributed by atoms with Crippen LogP contribution in [0.25, 0.3) is 0 Å². The van der Waals surface area contributed by atoms with Gasteiger partial charge >= 0.3 is 0 Å². The number of carbonyl (C=O) groups excluding carboxylic acids is 1. The van der Waals surface area contributed by atoms with E-state index in [-0.39, 0.29) is 11.8 Å². The molecule has 1 saturated carbocycles. The Morgan fingerprint density at radius 1 is 1.23 bits per heavy atom. The van der Waals surface area contributed by atoms with Crippen molar-refractivity contribution in [3.8, 4) is 0 Å². The molecule has 2 fully saturated rings. The number of nitrogens with zero attached hydrogens (tertiary/aromatic N) is 1. The maximum absolute atomic E-state index is 13.5. The van der Waals surface area contributed by atoms with Crippen LogP contribution in [0, 0.1) is 5.92 Å². The molecule has 0 spiro atoms. The average Bonchev–Trinajstić information content (AvgIpc) is 3.18. The van der Waals surface area contributed by atoms with Crippen molar-refractivity contribution >= 4 is 15.9 Å². The van der Waals surface area contributed by atoms with Gasteiger partial charge in [0.2, 0.25) is 15.9 Å². The van der Waals surface area contributed by atoms with Crippen molar-refractivity contribution in [1.29, 1.82) is 0 Å². The summed E-state index contributed by atoms with van der Waals surface area (Å²) in [7, 11) is -3.42. The number of benzene rings is 1. The summed E-state index contributed by atoms with van der Waals surface area (Å²) >= 11 is 0. The lowest BCUT2D eigenvalue weighted by atomic mass is 9.77. The minimum Gasteiger partial charge on any atom is -0.342 e. The van der Waals surface area contributed by atoms with Gasteiger partial charge in [0, 0.05) is 25.0 Å². The van der Waals surface area contributed by atoms with E-state index in [1.807, 2.05) is 23.1 Å². The topological polar surface area (TPSA) is 66.5 Å². The van der Waals surface area contributed by atoms with E-state index < -0.39 is 15.4 Å². The van der Waals surface area contributed by atoms with Crippen LogP contribution >= 0.6 is 0 Å². The highest BCUT2D eigenvalue weighted by molar-refractivity contribution is 7.92. The lowest BCUT2D eigenvalue weighted by molar-refractivity contribution is -0.139. The number of rotatable bonds is 6. The number of amides is 1. The Hall–Kier alpha value is -1.66. The van der Waals surface area contributed by atoms with Crippen LogP contribution in [0.5, 0.6) is 0 Å². The third-order valence-corrected chi connectivity index (χ3v) is 6.80. The predicted octanol–water partition coefficient (Wildman–Crippen LogP) is 2.80. The van der Waals surface area contributed by atoms with Crippen molar-refractivity contribution in [1.82, 2.24) is 9.62 Å². The third kappa shape index (κ3) is 4.01. The van der Waals surface area contributed by atoms with Gasteiger partial charge in [-0.25, -0.2) is 13.1 Å². The van der Waals surface area contributed by atoms with Crippen molar-refractivity contribution in [2.45, 2.75) is 43.9 Å². The SMILES string of the molecule is C=CS(=O)(=O)NC[C@H]1CCCN(C(=O)C2(c3ccccc3)CCCC2)C1. The molecule has 5 nitrogen and oxygen atoms in total. The number of likely N-dealkylation sites (tertiary alicyclic amines) is 1. The molecule has 1 atom stereocenters. The van der Waals surface area contributed by atoms with Gasteiger partial charge in [-0.1, -0.05) is 49.8 Å². The molecule has 1 N–H and O–H groups in total. The Kier molecular flexibility index (Phi) is 5.82. The number of nitrogens with one attached hydrogen (secondary N) is 1. The van der Waals surface area contributed by atoms with E-state index in [1.54, 1.807) is 0 Å². The third-order valence-electron chi connectivity index (χ3n) is 5.79. The van der Waals surface area contributed by atoms with Gasteiger partial charge in [-0.3, -0.25) is 4.79 Å². The Bertz CT molecular complexity index is 740. The highest BCUT2D eigenvalue weighted by Crippen LogP contribution is 2.43. The van der Waals surface area contributed by atoms with Crippen molar-refractivity contribution < 1.29 is 13.2 Å². The summed E-state index contributed by atoms with van der Waals surface area (Å²) in [6.07, 6.45) is 5.81. The number of hydrogen-bond donors (Lipinski definition) is 1. The predicted molar refractivity (Wildman–Crippen MR) is 103 cm³/mol. The standard InChI is InChI=1S/C20H28N2O3S/c1-2-26(24,25)21-15-17-9-8-14-22(16-17)19(23)20(12-6-7-13-20)18-10-4-3-5-11-18/h2-5,10-11,17,21H,1,6-9,12-16H2/t17-/m1/s1. The molecule has 1 heterocycles. The lowest BCUT2D eigenvalue weighted by Gasteiger charge is -2.39. The number of hydrogen-bond acceptors (Lipinski definition) is 3. The zero-order valence-corrected chi connectivity index (χ0v) is 16.0. The van der Waals surface area contributed by atoms with Gasteiger partial charge in [-0.05, 0) is 37.2 Å². The first-order valence-corrected chi connectivity index (χ1v) is 11.0. The molecule has 3 rings (SSSR count). The largest absolute Gasteiger partial charge is 0.342 e. The molecule has 2 aliphatic rings. The summed E-state index contributed by atoms with van der Waals surface area (Å²) in [6.45, 7) is 5.06. The smallest absolute Gasteiger partial charge is 0.233 e. The number of sulfonamides is 1. The van der Waals surface area contributed by atoms with Crippen molar-refractivity contribution in [2.24, 2.45) is 5.92 Å². The summed E-state index contributed by atoms with van der Waals surface area (Å²) < 4.78 is 25.8. The van der Waals surface area contributed by atoms with Gasteiger partial charge in [0.25, 0.3) is 0 Å². The van der Waals surface area contributed by atoms with E-state index in [0.717, 1.165) is 56.0 Å². The van der Waals surface area contributed by atoms with Crippen molar-refractivity contribution in [2.75, 3.05) is 19.6 Å². The fourth-order valence-corrected chi connectivity index (χ4v) is 4.96. The Morgan fingerprint density at radius 2 is 1.92 bits per heavy atom. The van der Waals surface area contributed by atoms with Crippen LogP contribution in [0.1, 0.15) is 44.1 Å². The molecule has 6 heteroatoms. The second-order valence-electron chi connectivity index (χ2n) is 7.47. The summed E-state index contributed by atoms with van der Waals surface area (Å²) in [5.41, 5.74) is 0.723. The van der Waals surface area contributed by atoms with Crippen LogP contribution in [0.3, 0.4) is 0 Å². The molecule has 0 radical (unpaired) electrons. The molecule has 1 aromatic rings. The fourth-order valence-electron chi connectivity index (χ4n) is 4.37. The van der Waals surface area contributed by atoms with Crippen molar-refractivity contribution in [3.05, 3.63) is 47.9 Å². The van der Waals surface area contributed by atoms with E-state index in [2.05, 4.69) is 23.4 Å². The van der Waals surface area contributed by atoms with Crippen LogP contribution in [-0.2, 0) is 20.2 Å². The first kappa shape index (κ1) is 19.1. The van der Waals surface area contributed by atoms with Gasteiger partial charge in [0.1, 0.15) is 0 Å². The quantitative estimate of drug-likeness (QED) is 0.830. The molecule has 1 aromatic carbocycles. The molecular formula is C20H28N2O3S. The van der Waals surface area contributed by atoms with E-state index in [4.69, 9.17) is 0 Å². The Labute approximate surface area is 156 Å². The molecule has 142 valence electrons. The van der Waals surface area contributed by atoms with Gasteiger partial charge in [0.15, 0.2) is 0 Å². The van der Waals surface area contributed by atoms with Gasteiger partial charge < -0.3 is 4.90 Å². The zero-order valence-electron chi connectivity index (χ0n) is 15.2. The van der Waals surface area contributed by atoms with Gasteiger partial charge in [0.05, 0.1) is 5.41 Å². The second kappa shape index (κ2) is 7.92. The second-order valence-corrected chi connectivity index (χ2v) is 9.19. The normalized spacial score (nSPS) is 22.9. The fraction of sp³-hybridized carbons (Fsp3) is 0.550. The first-order chi connectivity index (χ1) is 12.5. The molecule has 1 amide bonds. The molecule has 26 heavy (non-hydrogen) atoms. The molecule has 0 unspecified atom stereocenters. The molecule has 0 aromatic heterocycles. The Balaban J connectivity index is 1.72. The summed E-state index contributed by atoms with van der Waals surface area (Å²) in [6, 6.07) is 10.1. The molecule has 1 aliphatic heterocycles. The summed E-state index contributed by atoms with van der Waals surface area (Å²) in [4.78, 5) is 15.5. The Morgan fingerprint density at radius 3 is 2.58 bits per heavy atom. The first-order valence-electron chi connectivity index (χ1n) is 9.44. The molecule has 1 saturated heterocycles. The van der Waals surface area contributed by atoms with Crippen LogP contribution in [0.15, 0.2) is 42.3 Å². The zero-order chi connectivity index (χ0) is 18.6. The van der Waals surface area contributed by atoms with E-state index in [9.17, 15) is 13.2 Å². The average molecular weight is 377 g/mol. The lowest BCUT2D eigenvalue weighted by Crippen LogP contribution is -2.50. The van der Waals surface area contributed by atoms with Gasteiger partial charge in [-0.2, -0.15) is 0 Å². The summed E-state index contributed by atoms with van der Waals surface area (Å²) in [5, 5.41) is 0.932. The summed E-state index contributed by atoms with van der Waals surface area (Å²) in [5.74, 6) is 0.370. The monoisotopic (exact) mass is 376 g/mol. The number of piperidine rings is 1. The molecular weight excluding hydrogens is 348 g/mol. The van der Waals surface area contributed by atoms with Gasteiger partial charge in [-0.15, -0.1) is 0 Å². The highest BCUT2D eigenvalue weighted by atomic mass is 32.2. The van der Waals surface area contributed by atoms with E-state index in [0.29, 0.717) is 13.1 Å². The van der Waals surface area contributed by atoms with E-state index in [1.165, 1.54) is 0 Å². The number of carbonyl (C=O) groups is 1. The maximum atomic E-state index is 13.5. The highest BCUT2D eigenvalue weighted by Gasteiger charge is 2.45.